The van der Waals surface area contributed by atoms with Crippen molar-refractivity contribution in [3.8, 4) is 11.4 Å². The normalized spacial score (nSPS) is 15.4. The Morgan fingerprint density at radius 1 is 1.03 bits per heavy atom. The second-order valence-electron chi connectivity index (χ2n) is 6.74. The Morgan fingerprint density at radius 3 is 2.45 bits per heavy atom. The van der Waals surface area contributed by atoms with E-state index in [1.165, 1.54) is 4.90 Å². The van der Waals surface area contributed by atoms with Gasteiger partial charge in [-0.15, -0.1) is 0 Å². The smallest absolute Gasteiger partial charge is 0.293 e. The molecular weight excluding hydrogens is 384 g/mol. The SMILES string of the molecule is COc1ccc(-n2cc(/C=C3/SC(=O)N(Cc4ccccc4)C3=O)cc2C)cc1. The highest BCUT2D eigenvalue weighted by Gasteiger charge is 2.35. The molecule has 3 aromatic rings. The van der Waals surface area contributed by atoms with E-state index in [9.17, 15) is 9.59 Å². The fraction of sp³-hybridized carbons (Fsp3) is 0.130. The fourth-order valence-corrected chi connectivity index (χ4v) is 4.09. The first-order valence-electron chi connectivity index (χ1n) is 9.18. The third-order valence-corrected chi connectivity index (χ3v) is 5.65. The van der Waals surface area contributed by atoms with Crippen LogP contribution >= 0.6 is 11.8 Å². The van der Waals surface area contributed by atoms with E-state index in [0.717, 1.165) is 40.0 Å². The minimum atomic E-state index is -0.251. The van der Waals surface area contributed by atoms with Crippen molar-refractivity contribution < 1.29 is 14.3 Å². The van der Waals surface area contributed by atoms with Gasteiger partial charge in [-0.3, -0.25) is 14.5 Å². The van der Waals surface area contributed by atoms with Crippen molar-refractivity contribution in [3.63, 3.8) is 0 Å². The summed E-state index contributed by atoms with van der Waals surface area (Å²) in [7, 11) is 1.64. The van der Waals surface area contributed by atoms with Crippen molar-refractivity contribution in [2.45, 2.75) is 13.5 Å². The van der Waals surface area contributed by atoms with Crippen molar-refractivity contribution in [3.05, 3.63) is 88.6 Å². The van der Waals surface area contributed by atoms with Crippen LogP contribution in [0.1, 0.15) is 16.8 Å². The van der Waals surface area contributed by atoms with Crippen LogP contribution < -0.4 is 4.74 Å². The number of imide groups is 1. The van der Waals surface area contributed by atoms with Crippen LogP contribution in [0.3, 0.4) is 0 Å². The summed E-state index contributed by atoms with van der Waals surface area (Å²) in [4.78, 5) is 26.8. The number of hydrogen-bond acceptors (Lipinski definition) is 4. The highest BCUT2D eigenvalue weighted by Crippen LogP contribution is 2.33. The van der Waals surface area contributed by atoms with E-state index in [-0.39, 0.29) is 17.7 Å². The summed E-state index contributed by atoms with van der Waals surface area (Å²) in [6.07, 6.45) is 3.74. The molecular formula is C23H20N2O3S. The van der Waals surface area contributed by atoms with Crippen LogP contribution in [0, 0.1) is 6.92 Å². The van der Waals surface area contributed by atoms with Gasteiger partial charge >= 0.3 is 0 Å². The Balaban J connectivity index is 1.56. The maximum Gasteiger partial charge on any atom is 0.293 e. The molecule has 2 heterocycles. The van der Waals surface area contributed by atoms with E-state index in [1.54, 1.807) is 13.2 Å². The number of carbonyl (C=O) groups is 2. The molecule has 2 amide bonds. The molecule has 2 aromatic carbocycles. The van der Waals surface area contributed by atoms with Gasteiger partial charge in [-0.1, -0.05) is 30.3 Å². The molecule has 0 N–H and O–H groups in total. The highest BCUT2D eigenvalue weighted by molar-refractivity contribution is 8.18. The molecule has 0 unspecified atom stereocenters. The maximum atomic E-state index is 12.8. The molecule has 1 saturated heterocycles. The van der Waals surface area contributed by atoms with Crippen LogP contribution in [0.4, 0.5) is 4.79 Å². The van der Waals surface area contributed by atoms with Gasteiger partial charge in [0.15, 0.2) is 0 Å². The molecule has 0 spiro atoms. The summed E-state index contributed by atoms with van der Waals surface area (Å²) in [5.74, 6) is 0.546. The van der Waals surface area contributed by atoms with Crippen LogP contribution in [0.15, 0.2) is 71.8 Å². The van der Waals surface area contributed by atoms with Crippen molar-refractivity contribution in [2.24, 2.45) is 0 Å². The van der Waals surface area contributed by atoms with E-state index in [0.29, 0.717) is 4.91 Å². The molecule has 29 heavy (non-hydrogen) atoms. The number of thioether (sulfide) groups is 1. The fourth-order valence-electron chi connectivity index (χ4n) is 3.25. The summed E-state index contributed by atoms with van der Waals surface area (Å²) in [6.45, 7) is 2.29. The summed E-state index contributed by atoms with van der Waals surface area (Å²) in [6, 6.07) is 19.3. The number of ether oxygens (including phenoxy) is 1. The molecule has 146 valence electrons. The number of methoxy groups -OCH3 is 1. The van der Waals surface area contributed by atoms with Crippen LogP contribution in [-0.4, -0.2) is 27.7 Å². The lowest BCUT2D eigenvalue weighted by atomic mass is 10.2. The lowest BCUT2D eigenvalue weighted by Crippen LogP contribution is -2.27. The number of benzene rings is 2. The number of amides is 2. The van der Waals surface area contributed by atoms with Gasteiger partial charge in [0, 0.05) is 17.6 Å². The Bertz CT molecular complexity index is 1090. The standard InChI is InChI=1S/C23H20N2O3S/c1-16-12-18(15-24(16)19-8-10-20(28-2)11-9-19)13-21-22(26)25(23(27)29-21)14-17-6-4-3-5-7-17/h3-13,15H,14H2,1-2H3/b21-13+. The Hall–Kier alpha value is -3.25. The summed E-state index contributed by atoms with van der Waals surface area (Å²) in [5.41, 5.74) is 3.84. The van der Waals surface area contributed by atoms with Gasteiger partial charge in [-0.05, 0) is 66.2 Å². The van der Waals surface area contributed by atoms with Crippen molar-refractivity contribution in [2.75, 3.05) is 7.11 Å². The summed E-state index contributed by atoms with van der Waals surface area (Å²) < 4.78 is 7.25. The molecule has 0 atom stereocenters. The Kier molecular flexibility index (Phi) is 5.27. The number of aromatic nitrogens is 1. The zero-order chi connectivity index (χ0) is 20.4. The summed E-state index contributed by atoms with van der Waals surface area (Å²) >= 11 is 0.984. The maximum absolute atomic E-state index is 12.8. The van der Waals surface area contributed by atoms with Crippen LogP contribution in [-0.2, 0) is 11.3 Å². The second-order valence-corrected chi connectivity index (χ2v) is 7.73. The molecule has 1 aromatic heterocycles. The van der Waals surface area contributed by atoms with Gasteiger partial charge in [0.2, 0.25) is 0 Å². The molecule has 1 aliphatic heterocycles. The van der Waals surface area contributed by atoms with E-state index < -0.39 is 0 Å². The van der Waals surface area contributed by atoms with E-state index in [1.807, 2.05) is 78.4 Å². The number of aryl methyl sites for hydroxylation is 1. The number of nitrogens with zero attached hydrogens (tertiary/aromatic N) is 2. The third kappa shape index (κ3) is 3.98. The molecule has 1 fully saturated rings. The second kappa shape index (κ2) is 8.01. The molecule has 0 aliphatic carbocycles. The largest absolute Gasteiger partial charge is 0.497 e. The molecule has 5 nitrogen and oxygen atoms in total. The molecule has 6 heteroatoms. The van der Waals surface area contributed by atoms with E-state index in [2.05, 4.69) is 0 Å². The quantitative estimate of drug-likeness (QED) is 0.560. The summed E-state index contributed by atoms with van der Waals surface area (Å²) in [5, 5.41) is -0.239. The van der Waals surface area contributed by atoms with Crippen molar-refractivity contribution in [1.82, 2.24) is 9.47 Å². The topological polar surface area (TPSA) is 51.5 Å². The van der Waals surface area contributed by atoms with E-state index in [4.69, 9.17) is 4.74 Å². The lowest BCUT2D eigenvalue weighted by molar-refractivity contribution is -0.123. The minimum Gasteiger partial charge on any atom is -0.497 e. The molecule has 0 radical (unpaired) electrons. The predicted molar refractivity (Wildman–Crippen MR) is 115 cm³/mol. The van der Waals surface area contributed by atoms with Crippen LogP contribution in [0.2, 0.25) is 0 Å². The Morgan fingerprint density at radius 2 is 1.76 bits per heavy atom. The zero-order valence-electron chi connectivity index (χ0n) is 16.2. The number of carbonyl (C=O) groups excluding carboxylic acids is 2. The highest BCUT2D eigenvalue weighted by atomic mass is 32.2. The zero-order valence-corrected chi connectivity index (χ0v) is 17.0. The molecule has 0 bridgehead atoms. The first-order chi connectivity index (χ1) is 14.0. The average molecular weight is 404 g/mol. The average Bonchev–Trinajstić information content (AvgIpc) is 3.23. The van der Waals surface area contributed by atoms with E-state index >= 15 is 0 Å². The first kappa shape index (κ1) is 19.1. The van der Waals surface area contributed by atoms with Gasteiger partial charge in [-0.25, -0.2) is 0 Å². The van der Waals surface area contributed by atoms with Crippen molar-refractivity contribution in [1.29, 1.82) is 0 Å². The number of hydrogen-bond donors (Lipinski definition) is 0. The van der Waals surface area contributed by atoms with Gasteiger partial charge in [-0.2, -0.15) is 0 Å². The lowest BCUT2D eigenvalue weighted by Gasteiger charge is -2.11. The molecule has 4 rings (SSSR count). The number of rotatable bonds is 5. The first-order valence-corrected chi connectivity index (χ1v) is 9.99. The van der Waals surface area contributed by atoms with Gasteiger partial charge in [0.25, 0.3) is 11.1 Å². The predicted octanol–water partition coefficient (Wildman–Crippen LogP) is 5.03. The monoisotopic (exact) mass is 404 g/mol. The molecule has 0 saturated carbocycles. The molecule has 1 aliphatic rings. The van der Waals surface area contributed by atoms with Crippen LogP contribution in [0.25, 0.3) is 11.8 Å². The van der Waals surface area contributed by atoms with Crippen LogP contribution in [0.5, 0.6) is 5.75 Å². The van der Waals surface area contributed by atoms with Gasteiger partial charge < -0.3 is 9.30 Å². The van der Waals surface area contributed by atoms with Crippen molar-refractivity contribution >= 4 is 29.0 Å². The third-order valence-electron chi connectivity index (χ3n) is 4.74. The minimum absolute atomic E-state index is 0.239. The Labute approximate surface area is 173 Å². The van der Waals surface area contributed by atoms with Gasteiger partial charge in [0.05, 0.1) is 18.6 Å². The van der Waals surface area contributed by atoms with Gasteiger partial charge in [0.1, 0.15) is 5.75 Å².